The number of nitrogens with one attached hydrogen (secondary N) is 1. The topological polar surface area (TPSA) is 75.1 Å². The lowest BCUT2D eigenvalue weighted by molar-refractivity contribution is 0.0697. The summed E-state index contributed by atoms with van der Waals surface area (Å²) in [4.78, 5) is 19.8. The molecule has 0 aliphatic heterocycles. The second-order valence-corrected chi connectivity index (χ2v) is 5.09. The van der Waals surface area contributed by atoms with E-state index in [4.69, 9.17) is 5.11 Å². The van der Waals surface area contributed by atoms with Gasteiger partial charge in [-0.3, -0.25) is 0 Å². The third kappa shape index (κ3) is 3.35. The lowest BCUT2D eigenvalue weighted by atomic mass is 10.1. The minimum absolute atomic E-state index is 0.220. The number of aromatic nitrogens is 2. The first kappa shape index (κ1) is 14.7. The van der Waals surface area contributed by atoms with E-state index in [1.54, 1.807) is 24.4 Å². The molecule has 114 valence electrons. The Hall–Kier alpha value is -3.21. The molecule has 5 heteroatoms. The second-order valence-electron chi connectivity index (χ2n) is 5.09. The summed E-state index contributed by atoms with van der Waals surface area (Å²) in [7, 11) is 0. The molecule has 3 rings (SSSR count). The fourth-order valence-electron chi connectivity index (χ4n) is 2.20. The van der Waals surface area contributed by atoms with E-state index in [0.29, 0.717) is 11.6 Å². The molecule has 0 radical (unpaired) electrons. The third-order valence-corrected chi connectivity index (χ3v) is 3.46. The highest BCUT2D eigenvalue weighted by atomic mass is 16.4. The van der Waals surface area contributed by atoms with Gasteiger partial charge in [-0.2, -0.15) is 0 Å². The Labute approximate surface area is 133 Å². The summed E-state index contributed by atoms with van der Waals surface area (Å²) in [5.74, 6) is -0.538. The van der Waals surface area contributed by atoms with E-state index in [1.807, 2.05) is 43.3 Å². The number of nitrogens with zero attached hydrogens (tertiary/aromatic N) is 2. The van der Waals surface area contributed by atoms with Gasteiger partial charge in [0.1, 0.15) is 0 Å². The smallest absolute Gasteiger partial charge is 0.335 e. The molecule has 0 saturated carbocycles. The minimum atomic E-state index is -0.966. The van der Waals surface area contributed by atoms with Crippen molar-refractivity contribution in [3.63, 3.8) is 0 Å². The first-order valence-corrected chi connectivity index (χ1v) is 7.13. The van der Waals surface area contributed by atoms with Crippen LogP contribution in [0.25, 0.3) is 11.3 Å². The predicted octanol–water partition coefficient (Wildman–Crippen LogP) is 3.89. The number of hydrogen-bond donors (Lipinski definition) is 2. The van der Waals surface area contributed by atoms with E-state index in [9.17, 15) is 4.79 Å². The van der Waals surface area contributed by atoms with Crippen LogP contribution in [0.2, 0.25) is 0 Å². The molecule has 0 amide bonds. The van der Waals surface area contributed by atoms with Crippen LogP contribution in [0.1, 0.15) is 15.9 Å². The maximum Gasteiger partial charge on any atom is 0.335 e. The maximum absolute atomic E-state index is 11.1. The summed E-state index contributed by atoms with van der Waals surface area (Å²) in [5.41, 5.74) is 3.61. The Balaban J connectivity index is 1.92. The maximum atomic E-state index is 11.1. The van der Waals surface area contributed by atoms with Crippen molar-refractivity contribution in [3.8, 4) is 11.3 Å². The van der Waals surface area contributed by atoms with Crippen molar-refractivity contribution in [2.45, 2.75) is 6.92 Å². The summed E-state index contributed by atoms with van der Waals surface area (Å²) in [6, 6.07) is 16.5. The third-order valence-electron chi connectivity index (χ3n) is 3.46. The second kappa shape index (κ2) is 6.27. The van der Waals surface area contributed by atoms with Crippen molar-refractivity contribution in [1.29, 1.82) is 0 Å². The molecule has 0 aliphatic carbocycles. The quantitative estimate of drug-likeness (QED) is 0.764. The molecule has 0 saturated heterocycles. The average molecular weight is 305 g/mol. The van der Waals surface area contributed by atoms with Crippen molar-refractivity contribution in [2.75, 3.05) is 5.32 Å². The van der Waals surface area contributed by atoms with Crippen molar-refractivity contribution in [1.82, 2.24) is 9.97 Å². The fourth-order valence-corrected chi connectivity index (χ4v) is 2.20. The van der Waals surface area contributed by atoms with Crippen molar-refractivity contribution < 1.29 is 9.90 Å². The van der Waals surface area contributed by atoms with Crippen LogP contribution in [-0.2, 0) is 0 Å². The molecular weight excluding hydrogens is 290 g/mol. The van der Waals surface area contributed by atoms with E-state index >= 15 is 0 Å². The van der Waals surface area contributed by atoms with E-state index in [1.165, 1.54) is 0 Å². The van der Waals surface area contributed by atoms with Gasteiger partial charge in [0.25, 0.3) is 0 Å². The number of benzene rings is 2. The van der Waals surface area contributed by atoms with Gasteiger partial charge in [0, 0.05) is 17.4 Å². The number of aryl methyl sites for hydroxylation is 1. The van der Waals surface area contributed by atoms with Crippen molar-refractivity contribution in [2.24, 2.45) is 0 Å². The fraction of sp³-hybridized carbons (Fsp3) is 0.0556. The normalized spacial score (nSPS) is 10.3. The highest BCUT2D eigenvalue weighted by molar-refractivity contribution is 5.89. The summed E-state index contributed by atoms with van der Waals surface area (Å²) in [6.07, 6.45) is 1.67. The highest BCUT2D eigenvalue weighted by Crippen LogP contribution is 2.22. The van der Waals surface area contributed by atoms with Crippen molar-refractivity contribution >= 4 is 17.6 Å². The van der Waals surface area contributed by atoms with Gasteiger partial charge in [0.15, 0.2) is 0 Å². The number of aromatic carboxylic acids is 1. The minimum Gasteiger partial charge on any atom is -0.478 e. The lowest BCUT2D eigenvalue weighted by Gasteiger charge is -2.10. The van der Waals surface area contributed by atoms with Gasteiger partial charge in [-0.05, 0) is 30.7 Å². The van der Waals surface area contributed by atoms with Crippen molar-refractivity contribution in [3.05, 3.63) is 71.9 Å². The molecule has 23 heavy (non-hydrogen) atoms. The molecule has 5 nitrogen and oxygen atoms in total. The molecule has 2 N–H and O–H groups in total. The molecule has 0 unspecified atom stereocenters. The molecule has 1 aromatic heterocycles. The van der Waals surface area contributed by atoms with Gasteiger partial charge in [-0.15, -0.1) is 0 Å². The standard InChI is InChI=1S/C18H15N3O2/c1-12-7-8-14(17(22)23)11-16(12)21-18-19-10-9-15(20-18)13-5-3-2-4-6-13/h2-11H,1H3,(H,22,23)(H,19,20,21). The Morgan fingerprint density at radius 2 is 1.87 bits per heavy atom. The van der Waals surface area contributed by atoms with Crippen LogP contribution in [-0.4, -0.2) is 21.0 Å². The summed E-state index contributed by atoms with van der Waals surface area (Å²) >= 11 is 0. The first-order chi connectivity index (χ1) is 11.1. The van der Waals surface area contributed by atoms with Crippen LogP contribution in [0.4, 0.5) is 11.6 Å². The number of hydrogen-bond acceptors (Lipinski definition) is 4. The molecule has 0 bridgehead atoms. The number of carbonyl (C=O) groups is 1. The van der Waals surface area contributed by atoms with Crippen LogP contribution in [0.5, 0.6) is 0 Å². The first-order valence-electron chi connectivity index (χ1n) is 7.13. The number of rotatable bonds is 4. The highest BCUT2D eigenvalue weighted by Gasteiger charge is 2.08. The van der Waals surface area contributed by atoms with Crippen LogP contribution >= 0.6 is 0 Å². The van der Waals surface area contributed by atoms with E-state index in [0.717, 1.165) is 16.8 Å². The van der Waals surface area contributed by atoms with E-state index in [2.05, 4.69) is 15.3 Å². The molecule has 0 atom stereocenters. The van der Waals surface area contributed by atoms with Gasteiger partial charge in [0.2, 0.25) is 5.95 Å². The summed E-state index contributed by atoms with van der Waals surface area (Å²) < 4.78 is 0. The Kier molecular flexibility index (Phi) is 4.01. The predicted molar refractivity (Wildman–Crippen MR) is 88.9 cm³/mol. The molecule has 0 fully saturated rings. The monoisotopic (exact) mass is 305 g/mol. The average Bonchev–Trinajstić information content (AvgIpc) is 2.58. The molecular formula is C18H15N3O2. The Morgan fingerprint density at radius 1 is 1.09 bits per heavy atom. The van der Waals surface area contributed by atoms with Crippen LogP contribution in [0.15, 0.2) is 60.8 Å². The molecule has 0 spiro atoms. The number of anilines is 2. The Morgan fingerprint density at radius 3 is 2.61 bits per heavy atom. The zero-order chi connectivity index (χ0) is 16.2. The van der Waals surface area contributed by atoms with Crippen LogP contribution < -0.4 is 5.32 Å². The van der Waals surface area contributed by atoms with Gasteiger partial charge in [-0.25, -0.2) is 14.8 Å². The zero-order valence-corrected chi connectivity index (χ0v) is 12.5. The van der Waals surface area contributed by atoms with E-state index in [-0.39, 0.29) is 5.56 Å². The zero-order valence-electron chi connectivity index (χ0n) is 12.5. The largest absolute Gasteiger partial charge is 0.478 e. The van der Waals surface area contributed by atoms with Crippen LogP contribution in [0, 0.1) is 6.92 Å². The summed E-state index contributed by atoms with van der Waals surface area (Å²) in [6.45, 7) is 1.90. The SMILES string of the molecule is Cc1ccc(C(=O)O)cc1Nc1nccc(-c2ccccc2)n1. The van der Waals surface area contributed by atoms with Gasteiger partial charge >= 0.3 is 5.97 Å². The Bertz CT molecular complexity index is 848. The molecule has 2 aromatic carbocycles. The summed E-state index contributed by atoms with van der Waals surface area (Å²) in [5, 5.41) is 12.2. The molecule has 1 heterocycles. The molecule has 3 aromatic rings. The number of carboxylic acid groups (broad SMARTS) is 1. The van der Waals surface area contributed by atoms with Gasteiger partial charge < -0.3 is 10.4 Å². The lowest BCUT2D eigenvalue weighted by Crippen LogP contribution is -2.02. The van der Waals surface area contributed by atoms with Crippen LogP contribution in [0.3, 0.4) is 0 Å². The number of carboxylic acids is 1. The van der Waals surface area contributed by atoms with Gasteiger partial charge in [0.05, 0.1) is 11.3 Å². The molecule has 0 aliphatic rings. The van der Waals surface area contributed by atoms with Gasteiger partial charge in [-0.1, -0.05) is 36.4 Å². The van der Waals surface area contributed by atoms with E-state index < -0.39 is 5.97 Å².